The van der Waals surface area contributed by atoms with E-state index in [1.54, 1.807) is 0 Å². The van der Waals surface area contributed by atoms with Gasteiger partial charge in [-0.3, -0.25) is 4.79 Å². The molecule has 0 heterocycles. The van der Waals surface area contributed by atoms with Crippen molar-refractivity contribution < 1.29 is 14.6 Å². The summed E-state index contributed by atoms with van der Waals surface area (Å²) in [6, 6.07) is -0.253. The van der Waals surface area contributed by atoms with E-state index >= 15 is 0 Å². The predicted octanol–water partition coefficient (Wildman–Crippen LogP) is 0.546. The maximum atomic E-state index is 11.4. The van der Waals surface area contributed by atoms with Crippen LogP contribution in [0.3, 0.4) is 0 Å². The van der Waals surface area contributed by atoms with Gasteiger partial charge in [0.25, 0.3) is 0 Å². The molecule has 2 atom stereocenters. The summed E-state index contributed by atoms with van der Waals surface area (Å²) in [5, 5.41) is 11.7. The fourth-order valence-corrected chi connectivity index (χ4v) is 1.22. The van der Waals surface area contributed by atoms with Gasteiger partial charge in [-0.25, -0.2) is 0 Å². The first-order valence-electron chi connectivity index (χ1n) is 5.09. The van der Waals surface area contributed by atoms with E-state index in [9.17, 15) is 4.79 Å². The summed E-state index contributed by atoms with van der Waals surface area (Å²) in [5.41, 5.74) is 0. The highest BCUT2D eigenvalue weighted by molar-refractivity contribution is 5.75. The normalized spacial score (nSPS) is 14.9. The van der Waals surface area contributed by atoms with Crippen LogP contribution in [0.4, 0.5) is 0 Å². The predicted molar refractivity (Wildman–Crippen MR) is 55.0 cm³/mol. The molecule has 0 aromatic rings. The minimum Gasteiger partial charge on any atom is -0.468 e. The molecule has 0 rings (SSSR count). The van der Waals surface area contributed by atoms with Crippen molar-refractivity contribution in [1.29, 1.82) is 0 Å². The van der Waals surface area contributed by atoms with Gasteiger partial charge < -0.3 is 15.2 Å². The highest BCUT2D eigenvalue weighted by Crippen LogP contribution is 2.08. The van der Waals surface area contributed by atoms with E-state index in [0.29, 0.717) is 13.0 Å². The van der Waals surface area contributed by atoms with Gasteiger partial charge >= 0.3 is 5.97 Å². The van der Waals surface area contributed by atoms with E-state index in [1.165, 1.54) is 7.11 Å². The Morgan fingerprint density at radius 1 is 1.57 bits per heavy atom. The number of ether oxygens (including phenoxy) is 1. The Labute approximate surface area is 85.6 Å². The SMILES string of the molecule is CCC(C)C(NCCCO)C(=O)OC. The fourth-order valence-electron chi connectivity index (χ4n) is 1.22. The van der Waals surface area contributed by atoms with E-state index in [-0.39, 0.29) is 24.5 Å². The van der Waals surface area contributed by atoms with Gasteiger partial charge in [-0.1, -0.05) is 20.3 Å². The van der Waals surface area contributed by atoms with Crippen molar-refractivity contribution in [2.45, 2.75) is 32.7 Å². The number of methoxy groups -OCH3 is 1. The molecule has 0 bridgehead atoms. The van der Waals surface area contributed by atoms with Crippen LogP contribution in [0.25, 0.3) is 0 Å². The molecule has 0 radical (unpaired) electrons. The van der Waals surface area contributed by atoms with Gasteiger partial charge in [0.1, 0.15) is 6.04 Å². The summed E-state index contributed by atoms with van der Waals surface area (Å²) < 4.78 is 4.70. The number of aliphatic hydroxyl groups excluding tert-OH is 1. The summed E-state index contributed by atoms with van der Waals surface area (Å²) >= 11 is 0. The zero-order valence-electron chi connectivity index (χ0n) is 9.25. The van der Waals surface area contributed by atoms with Crippen molar-refractivity contribution in [3.63, 3.8) is 0 Å². The second-order valence-electron chi connectivity index (χ2n) is 3.42. The highest BCUT2D eigenvalue weighted by atomic mass is 16.5. The molecule has 4 heteroatoms. The maximum Gasteiger partial charge on any atom is 0.323 e. The lowest BCUT2D eigenvalue weighted by Crippen LogP contribution is -2.43. The van der Waals surface area contributed by atoms with Crippen LogP contribution in [0, 0.1) is 5.92 Å². The molecule has 0 aromatic heterocycles. The van der Waals surface area contributed by atoms with Crippen molar-refractivity contribution in [2.24, 2.45) is 5.92 Å². The van der Waals surface area contributed by atoms with Gasteiger partial charge in [-0.05, 0) is 18.9 Å². The van der Waals surface area contributed by atoms with Crippen molar-refractivity contribution >= 4 is 5.97 Å². The minimum absolute atomic E-state index is 0.140. The van der Waals surface area contributed by atoms with Gasteiger partial charge in [-0.2, -0.15) is 0 Å². The van der Waals surface area contributed by atoms with Crippen molar-refractivity contribution in [1.82, 2.24) is 5.32 Å². The largest absolute Gasteiger partial charge is 0.468 e. The molecule has 0 saturated heterocycles. The molecule has 0 fully saturated rings. The minimum atomic E-state index is -0.253. The lowest BCUT2D eigenvalue weighted by molar-refractivity contribution is -0.144. The number of hydrogen-bond donors (Lipinski definition) is 2. The number of hydrogen-bond acceptors (Lipinski definition) is 4. The second kappa shape index (κ2) is 7.76. The molecule has 0 aromatic carbocycles. The van der Waals surface area contributed by atoms with Crippen molar-refractivity contribution in [3.05, 3.63) is 0 Å². The third-order valence-electron chi connectivity index (χ3n) is 2.37. The number of rotatable bonds is 7. The van der Waals surface area contributed by atoms with Gasteiger partial charge in [0.15, 0.2) is 0 Å². The Hall–Kier alpha value is -0.610. The molecular weight excluding hydrogens is 182 g/mol. The molecule has 0 aliphatic heterocycles. The molecule has 84 valence electrons. The van der Waals surface area contributed by atoms with E-state index in [4.69, 9.17) is 9.84 Å². The lowest BCUT2D eigenvalue weighted by Gasteiger charge is -2.21. The second-order valence-corrected chi connectivity index (χ2v) is 3.42. The van der Waals surface area contributed by atoms with E-state index in [0.717, 1.165) is 6.42 Å². The zero-order chi connectivity index (χ0) is 11.0. The molecule has 2 unspecified atom stereocenters. The fraction of sp³-hybridized carbons (Fsp3) is 0.900. The summed E-state index contributed by atoms with van der Waals surface area (Å²) in [5.74, 6) is 0.0263. The van der Waals surface area contributed by atoms with Crippen LogP contribution in [-0.2, 0) is 9.53 Å². The Morgan fingerprint density at radius 3 is 2.64 bits per heavy atom. The molecule has 2 N–H and O–H groups in total. The molecule has 14 heavy (non-hydrogen) atoms. The topological polar surface area (TPSA) is 58.6 Å². The number of esters is 1. The van der Waals surface area contributed by atoms with Crippen LogP contribution < -0.4 is 5.32 Å². The molecule has 0 amide bonds. The van der Waals surface area contributed by atoms with Crippen LogP contribution in [0.2, 0.25) is 0 Å². The summed E-state index contributed by atoms with van der Waals surface area (Å²) in [7, 11) is 1.39. The Bertz CT molecular complexity index is 161. The Morgan fingerprint density at radius 2 is 2.21 bits per heavy atom. The first-order valence-corrected chi connectivity index (χ1v) is 5.09. The molecule has 0 aliphatic rings. The van der Waals surface area contributed by atoms with Crippen LogP contribution >= 0.6 is 0 Å². The van der Waals surface area contributed by atoms with E-state index in [1.807, 2.05) is 13.8 Å². The van der Waals surface area contributed by atoms with E-state index < -0.39 is 0 Å². The van der Waals surface area contributed by atoms with Gasteiger partial charge in [0.05, 0.1) is 7.11 Å². The molecule has 0 saturated carbocycles. The summed E-state index contributed by atoms with van der Waals surface area (Å²) in [4.78, 5) is 11.4. The third-order valence-corrected chi connectivity index (χ3v) is 2.37. The van der Waals surface area contributed by atoms with Crippen LogP contribution in [0.15, 0.2) is 0 Å². The number of carbonyl (C=O) groups excluding carboxylic acids is 1. The first-order chi connectivity index (χ1) is 6.67. The van der Waals surface area contributed by atoms with Gasteiger partial charge in [0, 0.05) is 6.61 Å². The molecule has 4 nitrogen and oxygen atoms in total. The highest BCUT2D eigenvalue weighted by Gasteiger charge is 2.23. The number of carbonyl (C=O) groups is 1. The van der Waals surface area contributed by atoms with Crippen LogP contribution in [0.1, 0.15) is 26.7 Å². The number of aliphatic hydroxyl groups is 1. The monoisotopic (exact) mass is 203 g/mol. The maximum absolute atomic E-state index is 11.4. The third kappa shape index (κ3) is 4.58. The van der Waals surface area contributed by atoms with Crippen molar-refractivity contribution in [3.8, 4) is 0 Å². The molecule has 0 spiro atoms. The summed E-state index contributed by atoms with van der Waals surface area (Å²) in [6.07, 6.45) is 1.58. The van der Waals surface area contributed by atoms with Gasteiger partial charge in [-0.15, -0.1) is 0 Å². The molecular formula is C10H21NO3. The Balaban J connectivity index is 4.04. The quantitative estimate of drug-likeness (QED) is 0.468. The number of nitrogens with one attached hydrogen (secondary N) is 1. The molecule has 0 aliphatic carbocycles. The smallest absolute Gasteiger partial charge is 0.323 e. The van der Waals surface area contributed by atoms with Crippen LogP contribution in [0.5, 0.6) is 0 Å². The van der Waals surface area contributed by atoms with Crippen molar-refractivity contribution in [2.75, 3.05) is 20.3 Å². The van der Waals surface area contributed by atoms with Gasteiger partial charge in [0.2, 0.25) is 0 Å². The average molecular weight is 203 g/mol. The van der Waals surface area contributed by atoms with E-state index in [2.05, 4.69) is 5.32 Å². The summed E-state index contributed by atoms with van der Waals surface area (Å²) in [6.45, 7) is 4.82. The lowest BCUT2D eigenvalue weighted by atomic mass is 9.99. The Kier molecular flexibility index (Phi) is 7.42. The zero-order valence-corrected chi connectivity index (χ0v) is 9.25. The first kappa shape index (κ1) is 13.4. The average Bonchev–Trinajstić information content (AvgIpc) is 2.22. The van der Waals surface area contributed by atoms with Crippen LogP contribution in [-0.4, -0.2) is 37.4 Å². The standard InChI is InChI=1S/C10H21NO3/c1-4-8(2)9(10(13)14-3)11-6-5-7-12/h8-9,11-12H,4-7H2,1-3H3.